The van der Waals surface area contributed by atoms with Crippen molar-refractivity contribution >= 4 is 0 Å². The first-order chi connectivity index (χ1) is 15.6. The Morgan fingerprint density at radius 1 is 1.09 bits per heavy atom. The van der Waals surface area contributed by atoms with Crippen LogP contribution in [-0.2, 0) is 19.5 Å². The number of hydrogen-bond donors (Lipinski definition) is 1. The van der Waals surface area contributed by atoms with E-state index in [1.165, 1.54) is 12.1 Å². The van der Waals surface area contributed by atoms with E-state index in [1.807, 2.05) is 12.1 Å². The van der Waals surface area contributed by atoms with Crippen molar-refractivity contribution in [1.29, 1.82) is 0 Å². The number of nitrogens with one attached hydrogen (secondary N) is 1. The molecule has 0 radical (unpaired) electrons. The van der Waals surface area contributed by atoms with E-state index in [9.17, 15) is 13.6 Å². The zero-order chi connectivity index (χ0) is 22.1. The summed E-state index contributed by atoms with van der Waals surface area (Å²) >= 11 is 0. The Balaban J connectivity index is 1.32. The fourth-order valence-corrected chi connectivity index (χ4v) is 3.89. The highest BCUT2D eigenvalue weighted by atomic mass is 19.1. The lowest BCUT2D eigenvalue weighted by Crippen LogP contribution is -2.35. The number of rotatable bonds is 4. The van der Waals surface area contributed by atoms with Gasteiger partial charge in [-0.15, -0.1) is 0 Å². The van der Waals surface area contributed by atoms with Crippen molar-refractivity contribution in [3.8, 4) is 22.6 Å². The molecule has 160 valence electrons. The van der Waals surface area contributed by atoms with Crippen LogP contribution >= 0.6 is 0 Å². The minimum Gasteiger partial charge on any atom is -0.306 e. The van der Waals surface area contributed by atoms with E-state index in [-0.39, 0.29) is 11.1 Å². The van der Waals surface area contributed by atoms with E-state index < -0.39 is 11.6 Å². The van der Waals surface area contributed by atoms with Gasteiger partial charge in [-0.05, 0) is 35.9 Å². The van der Waals surface area contributed by atoms with Crippen LogP contribution < -0.4 is 5.56 Å². The van der Waals surface area contributed by atoms with Gasteiger partial charge in [-0.1, -0.05) is 6.07 Å². The third-order valence-electron chi connectivity index (χ3n) is 5.52. The van der Waals surface area contributed by atoms with Crippen LogP contribution in [0.2, 0.25) is 0 Å². The second-order valence-corrected chi connectivity index (χ2v) is 7.72. The molecule has 0 bridgehead atoms. The molecule has 1 aromatic carbocycles. The van der Waals surface area contributed by atoms with Gasteiger partial charge < -0.3 is 4.98 Å². The number of halogens is 2. The van der Waals surface area contributed by atoms with Gasteiger partial charge in [-0.3, -0.25) is 19.7 Å². The van der Waals surface area contributed by atoms with Gasteiger partial charge in [0, 0.05) is 61.8 Å². The van der Waals surface area contributed by atoms with Gasteiger partial charge in [0.1, 0.15) is 17.5 Å². The fraction of sp³-hybridized carbons (Fsp3) is 0.167. The zero-order valence-corrected chi connectivity index (χ0v) is 17.1. The molecule has 0 aliphatic carbocycles. The number of benzene rings is 1. The van der Waals surface area contributed by atoms with E-state index in [4.69, 9.17) is 0 Å². The van der Waals surface area contributed by atoms with Crippen LogP contribution in [0, 0.1) is 11.6 Å². The van der Waals surface area contributed by atoms with Gasteiger partial charge in [0.05, 0.1) is 17.0 Å². The van der Waals surface area contributed by atoms with Crippen LogP contribution in [0.3, 0.4) is 0 Å². The van der Waals surface area contributed by atoms with Gasteiger partial charge in [-0.25, -0.2) is 13.8 Å². The molecule has 1 N–H and O–H groups in total. The third kappa shape index (κ3) is 4.04. The Morgan fingerprint density at radius 3 is 2.75 bits per heavy atom. The molecule has 8 heteroatoms. The second kappa shape index (κ2) is 8.39. The molecule has 0 fully saturated rings. The van der Waals surface area contributed by atoms with E-state index in [0.29, 0.717) is 36.6 Å². The van der Waals surface area contributed by atoms with E-state index >= 15 is 0 Å². The number of fused-ring (bicyclic) bond motifs is 1. The number of aromatic amines is 1. The van der Waals surface area contributed by atoms with Crippen molar-refractivity contribution in [2.45, 2.75) is 19.5 Å². The van der Waals surface area contributed by atoms with Crippen LogP contribution in [0.5, 0.6) is 0 Å². The van der Waals surface area contributed by atoms with Crippen molar-refractivity contribution in [3.63, 3.8) is 0 Å². The van der Waals surface area contributed by atoms with Crippen molar-refractivity contribution in [2.75, 3.05) is 6.54 Å². The molecule has 0 spiro atoms. The minimum atomic E-state index is -0.643. The van der Waals surface area contributed by atoms with E-state index in [2.05, 4.69) is 24.8 Å². The lowest BCUT2D eigenvalue weighted by molar-refractivity contribution is 0.241. The summed E-state index contributed by atoms with van der Waals surface area (Å²) in [7, 11) is 0. The molecule has 5 rings (SSSR count). The average molecular weight is 431 g/mol. The highest BCUT2D eigenvalue weighted by Crippen LogP contribution is 2.23. The summed E-state index contributed by atoms with van der Waals surface area (Å²) in [6.07, 6.45) is 5.70. The molecular formula is C24H19F2N5O. The Hall–Kier alpha value is -3.78. The minimum absolute atomic E-state index is 0.140. The summed E-state index contributed by atoms with van der Waals surface area (Å²) in [5.41, 5.74) is 3.75. The van der Waals surface area contributed by atoms with Crippen molar-refractivity contribution in [1.82, 2.24) is 24.8 Å². The maximum absolute atomic E-state index is 14.0. The Bertz CT molecular complexity index is 1320. The Labute approximate surface area is 182 Å². The monoisotopic (exact) mass is 431 g/mol. The topological polar surface area (TPSA) is 74.8 Å². The normalized spacial score (nSPS) is 13.7. The predicted molar refractivity (Wildman–Crippen MR) is 115 cm³/mol. The van der Waals surface area contributed by atoms with Gasteiger partial charge in [0.25, 0.3) is 5.56 Å². The average Bonchev–Trinajstić information content (AvgIpc) is 2.81. The summed E-state index contributed by atoms with van der Waals surface area (Å²) < 4.78 is 27.1. The van der Waals surface area contributed by atoms with Crippen molar-refractivity contribution in [2.24, 2.45) is 0 Å². The van der Waals surface area contributed by atoms with Gasteiger partial charge in [0.15, 0.2) is 0 Å². The molecule has 32 heavy (non-hydrogen) atoms. The lowest BCUT2D eigenvalue weighted by atomic mass is 10.1. The standard InChI is InChI=1S/C24H19F2N5O/c25-17-4-5-18(20(26)10-17)21-6-3-15(11-28-21)13-31-9-7-22-19(14-31)24(32)30-23(29-22)16-2-1-8-27-12-16/h1-6,8,10-12H,7,9,13-14H2,(H,29,30,32). The first kappa shape index (κ1) is 20.1. The van der Waals surface area contributed by atoms with Crippen LogP contribution in [0.15, 0.2) is 65.8 Å². The first-order valence-corrected chi connectivity index (χ1v) is 10.2. The molecule has 0 amide bonds. The number of H-pyrrole nitrogens is 1. The molecule has 4 aromatic rings. The van der Waals surface area contributed by atoms with Crippen LogP contribution in [0.4, 0.5) is 8.78 Å². The molecule has 1 aliphatic heterocycles. The van der Waals surface area contributed by atoms with E-state index in [0.717, 1.165) is 29.4 Å². The highest BCUT2D eigenvalue weighted by molar-refractivity contribution is 5.59. The summed E-state index contributed by atoms with van der Waals surface area (Å²) in [6, 6.07) is 10.7. The molecule has 0 saturated heterocycles. The quantitative estimate of drug-likeness (QED) is 0.533. The fourth-order valence-electron chi connectivity index (χ4n) is 3.89. The number of aromatic nitrogens is 4. The zero-order valence-electron chi connectivity index (χ0n) is 17.1. The smallest absolute Gasteiger partial charge is 0.255 e. The first-order valence-electron chi connectivity index (χ1n) is 10.2. The van der Waals surface area contributed by atoms with Gasteiger partial charge in [-0.2, -0.15) is 0 Å². The Morgan fingerprint density at radius 2 is 2.00 bits per heavy atom. The molecule has 3 aromatic heterocycles. The molecule has 0 atom stereocenters. The molecule has 0 unspecified atom stereocenters. The van der Waals surface area contributed by atoms with Gasteiger partial charge in [0.2, 0.25) is 0 Å². The summed E-state index contributed by atoms with van der Waals surface area (Å²) in [5, 5.41) is 0. The van der Waals surface area contributed by atoms with E-state index in [1.54, 1.807) is 30.7 Å². The molecule has 4 heterocycles. The Kier molecular flexibility index (Phi) is 5.28. The molecule has 1 aliphatic rings. The lowest BCUT2D eigenvalue weighted by Gasteiger charge is -2.27. The van der Waals surface area contributed by atoms with Crippen LogP contribution in [-0.4, -0.2) is 31.4 Å². The molecule has 0 saturated carbocycles. The molecular weight excluding hydrogens is 412 g/mol. The second-order valence-electron chi connectivity index (χ2n) is 7.72. The van der Waals surface area contributed by atoms with Crippen LogP contribution in [0.1, 0.15) is 16.8 Å². The predicted octanol–water partition coefficient (Wildman–Crippen LogP) is 3.73. The third-order valence-corrected chi connectivity index (χ3v) is 5.52. The maximum Gasteiger partial charge on any atom is 0.255 e. The van der Waals surface area contributed by atoms with Gasteiger partial charge >= 0.3 is 0 Å². The summed E-state index contributed by atoms with van der Waals surface area (Å²) in [6.45, 7) is 1.84. The summed E-state index contributed by atoms with van der Waals surface area (Å²) in [4.78, 5) is 30.8. The van der Waals surface area contributed by atoms with Crippen LogP contribution in [0.25, 0.3) is 22.6 Å². The van der Waals surface area contributed by atoms with Crippen molar-refractivity contribution in [3.05, 3.63) is 99.9 Å². The molecule has 6 nitrogen and oxygen atoms in total. The maximum atomic E-state index is 14.0. The summed E-state index contributed by atoms with van der Waals surface area (Å²) in [5.74, 6) is -0.733. The number of hydrogen-bond acceptors (Lipinski definition) is 5. The SMILES string of the molecule is O=c1[nH]c(-c2cccnc2)nc2c1CN(Cc1ccc(-c3ccc(F)cc3F)nc1)CC2. The number of nitrogens with zero attached hydrogens (tertiary/aromatic N) is 4. The number of pyridine rings is 2. The van der Waals surface area contributed by atoms with Crippen molar-refractivity contribution < 1.29 is 8.78 Å². The highest BCUT2D eigenvalue weighted by Gasteiger charge is 2.22. The largest absolute Gasteiger partial charge is 0.306 e.